The molecule has 1 aliphatic rings. The van der Waals surface area contributed by atoms with Gasteiger partial charge in [-0.05, 0) is 31.9 Å². The molecule has 0 saturated carbocycles. The zero-order chi connectivity index (χ0) is 11.4. The second-order valence-corrected chi connectivity index (χ2v) is 4.21. The average molecular weight is 221 g/mol. The molecule has 0 radical (unpaired) electrons. The fraction of sp³-hybridized carbons (Fsp3) is 0.667. The fourth-order valence-electron chi connectivity index (χ4n) is 2.34. The van der Waals surface area contributed by atoms with E-state index in [9.17, 15) is 0 Å². The maximum Gasteiger partial charge on any atom is 0.316 e. The molecule has 0 aliphatic carbocycles. The van der Waals surface area contributed by atoms with Crippen molar-refractivity contribution in [2.75, 3.05) is 13.7 Å². The van der Waals surface area contributed by atoms with Crippen molar-refractivity contribution >= 4 is 0 Å². The molecule has 1 aromatic heterocycles. The van der Waals surface area contributed by atoms with Crippen LogP contribution in [0.4, 0.5) is 0 Å². The van der Waals surface area contributed by atoms with Gasteiger partial charge in [-0.3, -0.25) is 4.90 Å². The minimum absolute atomic E-state index is 0.463. The molecule has 1 aliphatic heterocycles. The first-order valence-corrected chi connectivity index (χ1v) is 5.93. The summed E-state index contributed by atoms with van der Waals surface area (Å²) in [6.07, 6.45) is 5.61. The summed E-state index contributed by atoms with van der Waals surface area (Å²) in [4.78, 5) is 10.9. The van der Waals surface area contributed by atoms with Crippen molar-refractivity contribution in [3.63, 3.8) is 0 Å². The average Bonchev–Trinajstić information content (AvgIpc) is 2.76. The van der Waals surface area contributed by atoms with E-state index >= 15 is 0 Å². The van der Waals surface area contributed by atoms with Gasteiger partial charge in [-0.1, -0.05) is 6.92 Å². The molecule has 4 nitrogen and oxygen atoms in total. The van der Waals surface area contributed by atoms with Crippen LogP contribution in [0.15, 0.2) is 12.3 Å². The zero-order valence-electron chi connectivity index (χ0n) is 10.0. The smallest absolute Gasteiger partial charge is 0.316 e. The first kappa shape index (κ1) is 11.3. The molecule has 1 fully saturated rings. The van der Waals surface area contributed by atoms with Gasteiger partial charge in [0.25, 0.3) is 0 Å². The van der Waals surface area contributed by atoms with Crippen molar-refractivity contribution in [2.45, 2.75) is 38.8 Å². The van der Waals surface area contributed by atoms with Gasteiger partial charge in [-0.15, -0.1) is 0 Å². The van der Waals surface area contributed by atoms with Crippen molar-refractivity contribution in [3.05, 3.63) is 18.0 Å². The van der Waals surface area contributed by atoms with Crippen molar-refractivity contribution in [1.29, 1.82) is 0 Å². The van der Waals surface area contributed by atoms with Crippen molar-refractivity contribution in [1.82, 2.24) is 14.9 Å². The molecule has 0 amide bonds. The van der Waals surface area contributed by atoms with Crippen LogP contribution in [0.2, 0.25) is 0 Å². The van der Waals surface area contributed by atoms with E-state index in [0.717, 1.165) is 18.3 Å². The van der Waals surface area contributed by atoms with Gasteiger partial charge in [0.15, 0.2) is 0 Å². The van der Waals surface area contributed by atoms with Gasteiger partial charge in [0, 0.05) is 18.8 Å². The number of hydrogen-bond acceptors (Lipinski definition) is 4. The summed E-state index contributed by atoms with van der Waals surface area (Å²) < 4.78 is 5.03. The van der Waals surface area contributed by atoms with E-state index in [1.54, 1.807) is 13.3 Å². The fourth-order valence-corrected chi connectivity index (χ4v) is 2.34. The maximum absolute atomic E-state index is 5.03. The van der Waals surface area contributed by atoms with Crippen LogP contribution in [0.3, 0.4) is 0 Å². The molecule has 88 valence electrons. The van der Waals surface area contributed by atoms with Gasteiger partial charge in [0.1, 0.15) is 0 Å². The Morgan fingerprint density at radius 3 is 3.19 bits per heavy atom. The number of nitrogens with zero attached hydrogens (tertiary/aromatic N) is 3. The number of rotatable bonds is 4. The lowest BCUT2D eigenvalue weighted by Crippen LogP contribution is -2.28. The summed E-state index contributed by atoms with van der Waals surface area (Å²) in [6, 6.07) is 3.15. The highest BCUT2D eigenvalue weighted by atomic mass is 16.5. The minimum Gasteiger partial charge on any atom is -0.467 e. The lowest BCUT2D eigenvalue weighted by atomic mass is 10.2. The van der Waals surface area contributed by atoms with Crippen LogP contribution in [0, 0.1) is 0 Å². The number of hydrogen-bond donors (Lipinski definition) is 0. The zero-order valence-corrected chi connectivity index (χ0v) is 10.0. The lowest BCUT2D eigenvalue weighted by molar-refractivity contribution is 0.236. The molecule has 1 aromatic rings. The first-order valence-electron chi connectivity index (χ1n) is 5.93. The Morgan fingerprint density at radius 2 is 2.44 bits per heavy atom. The van der Waals surface area contributed by atoms with Gasteiger partial charge in [0.05, 0.1) is 12.8 Å². The second-order valence-electron chi connectivity index (χ2n) is 4.21. The third-order valence-electron chi connectivity index (χ3n) is 3.21. The van der Waals surface area contributed by atoms with Crippen molar-refractivity contribution in [3.8, 4) is 6.01 Å². The standard InChI is InChI=1S/C12H19N3O/c1-3-11-5-4-8-15(11)9-10-6-7-13-12(14-10)16-2/h6-7,11H,3-5,8-9H2,1-2H3. The van der Waals surface area contributed by atoms with E-state index in [2.05, 4.69) is 21.8 Å². The molecule has 1 unspecified atom stereocenters. The molecule has 16 heavy (non-hydrogen) atoms. The molecule has 1 saturated heterocycles. The maximum atomic E-state index is 5.03. The van der Waals surface area contributed by atoms with Gasteiger partial charge >= 0.3 is 6.01 Å². The third-order valence-corrected chi connectivity index (χ3v) is 3.21. The predicted octanol–water partition coefficient (Wildman–Crippen LogP) is 1.86. The summed E-state index contributed by atoms with van der Waals surface area (Å²) >= 11 is 0. The van der Waals surface area contributed by atoms with Crippen LogP contribution in [-0.4, -0.2) is 34.6 Å². The topological polar surface area (TPSA) is 38.2 Å². The molecule has 2 rings (SSSR count). The highest BCUT2D eigenvalue weighted by Gasteiger charge is 2.22. The summed E-state index contributed by atoms with van der Waals surface area (Å²) in [5.41, 5.74) is 1.05. The lowest BCUT2D eigenvalue weighted by Gasteiger charge is -2.22. The summed E-state index contributed by atoms with van der Waals surface area (Å²) in [5, 5.41) is 0. The summed E-state index contributed by atoms with van der Waals surface area (Å²) in [7, 11) is 1.60. The Kier molecular flexibility index (Phi) is 3.72. The van der Waals surface area contributed by atoms with E-state index in [1.165, 1.54) is 25.8 Å². The van der Waals surface area contributed by atoms with Crippen LogP contribution < -0.4 is 4.74 Å². The Balaban J connectivity index is 2.02. The molecular formula is C12H19N3O. The van der Waals surface area contributed by atoms with E-state index in [1.807, 2.05) is 6.07 Å². The molecule has 4 heteroatoms. The summed E-state index contributed by atoms with van der Waals surface area (Å²) in [5.74, 6) is 0. The Bertz CT molecular complexity index is 343. The number of methoxy groups -OCH3 is 1. The van der Waals surface area contributed by atoms with Crippen LogP contribution in [0.1, 0.15) is 31.9 Å². The summed E-state index contributed by atoms with van der Waals surface area (Å²) in [6.45, 7) is 4.35. The molecule has 0 aromatic carbocycles. The molecule has 0 N–H and O–H groups in total. The monoisotopic (exact) mass is 221 g/mol. The Morgan fingerprint density at radius 1 is 1.56 bits per heavy atom. The molecule has 0 bridgehead atoms. The normalized spacial score (nSPS) is 21.2. The van der Waals surface area contributed by atoms with Crippen LogP contribution >= 0.6 is 0 Å². The largest absolute Gasteiger partial charge is 0.467 e. The highest BCUT2D eigenvalue weighted by molar-refractivity contribution is 5.05. The van der Waals surface area contributed by atoms with E-state index in [4.69, 9.17) is 4.74 Å². The molecule has 1 atom stereocenters. The molecule has 2 heterocycles. The first-order chi connectivity index (χ1) is 7.83. The van der Waals surface area contributed by atoms with E-state index < -0.39 is 0 Å². The molecular weight excluding hydrogens is 202 g/mol. The van der Waals surface area contributed by atoms with Crippen molar-refractivity contribution in [2.24, 2.45) is 0 Å². The van der Waals surface area contributed by atoms with Crippen molar-refractivity contribution < 1.29 is 4.74 Å². The van der Waals surface area contributed by atoms with Crippen LogP contribution in [0.5, 0.6) is 6.01 Å². The van der Waals surface area contributed by atoms with E-state index in [0.29, 0.717) is 6.01 Å². The van der Waals surface area contributed by atoms with Gasteiger partial charge in [-0.25, -0.2) is 4.98 Å². The predicted molar refractivity (Wildman–Crippen MR) is 62.3 cm³/mol. The van der Waals surface area contributed by atoms with Crippen LogP contribution in [-0.2, 0) is 6.54 Å². The SMILES string of the molecule is CCC1CCCN1Cc1ccnc(OC)n1. The van der Waals surface area contributed by atoms with Crippen LogP contribution in [0.25, 0.3) is 0 Å². The third kappa shape index (κ3) is 2.50. The minimum atomic E-state index is 0.463. The van der Waals surface area contributed by atoms with Gasteiger partial charge < -0.3 is 4.74 Å². The quantitative estimate of drug-likeness (QED) is 0.778. The molecule has 0 spiro atoms. The highest BCUT2D eigenvalue weighted by Crippen LogP contribution is 2.21. The second kappa shape index (κ2) is 5.25. The number of ether oxygens (including phenoxy) is 1. The number of likely N-dealkylation sites (tertiary alicyclic amines) is 1. The Hall–Kier alpha value is -1.16. The Labute approximate surface area is 96.7 Å². The van der Waals surface area contributed by atoms with Gasteiger partial charge in [0.2, 0.25) is 0 Å². The number of aromatic nitrogens is 2. The van der Waals surface area contributed by atoms with E-state index in [-0.39, 0.29) is 0 Å². The van der Waals surface area contributed by atoms with Gasteiger partial charge in [-0.2, -0.15) is 4.98 Å².